The van der Waals surface area contributed by atoms with Crippen LogP contribution in [0.25, 0.3) is 0 Å². The van der Waals surface area contributed by atoms with Gasteiger partial charge in [0.25, 0.3) is 0 Å². The van der Waals surface area contributed by atoms with E-state index >= 15 is 0 Å². The quantitative estimate of drug-likeness (QED) is 0.780. The van der Waals surface area contributed by atoms with Crippen molar-refractivity contribution in [2.24, 2.45) is 0 Å². The van der Waals surface area contributed by atoms with Gasteiger partial charge >= 0.3 is 6.03 Å². The number of rotatable bonds is 5. The van der Waals surface area contributed by atoms with Gasteiger partial charge in [-0.25, -0.2) is 4.79 Å². The molecule has 0 saturated carbocycles. The third-order valence-electron chi connectivity index (χ3n) is 3.95. The first-order valence-electron chi connectivity index (χ1n) is 7.58. The van der Waals surface area contributed by atoms with Crippen molar-refractivity contribution in [3.8, 4) is 0 Å². The summed E-state index contributed by atoms with van der Waals surface area (Å²) in [6.45, 7) is 2.63. The molecule has 1 fully saturated rings. The van der Waals surface area contributed by atoms with Gasteiger partial charge in [0.2, 0.25) is 0 Å². The van der Waals surface area contributed by atoms with Gasteiger partial charge in [0.1, 0.15) is 0 Å². The summed E-state index contributed by atoms with van der Waals surface area (Å²) in [7, 11) is 0. The summed E-state index contributed by atoms with van der Waals surface area (Å²) < 4.78 is 0. The lowest BCUT2D eigenvalue weighted by Gasteiger charge is -2.25. The minimum Gasteiger partial charge on any atom is -0.396 e. The van der Waals surface area contributed by atoms with E-state index in [-0.39, 0.29) is 18.7 Å². The van der Waals surface area contributed by atoms with Gasteiger partial charge in [-0.05, 0) is 50.3 Å². The molecule has 2 rings (SSSR count). The molecule has 21 heavy (non-hydrogen) atoms. The van der Waals surface area contributed by atoms with E-state index in [0.29, 0.717) is 5.69 Å². The summed E-state index contributed by atoms with van der Waals surface area (Å²) in [4.78, 5) is 14.2. The maximum Gasteiger partial charge on any atom is 0.322 e. The largest absolute Gasteiger partial charge is 0.396 e. The van der Waals surface area contributed by atoms with Crippen LogP contribution in [0.1, 0.15) is 44.3 Å². The van der Waals surface area contributed by atoms with Crippen molar-refractivity contribution in [2.75, 3.05) is 18.5 Å². The van der Waals surface area contributed by atoms with E-state index < -0.39 is 6.10 Å². The molecule has 0 aliphatic carbocycles. The lowest BCUT2D eigenvalue weighted by Crippen LogP contribution is -2.38. The zero-order chi connectivity index (χ0) is 15.2. The Labute approximate surface area is 125 Å². The lowest BCUT2D eigenvalue weighted by molar-refractivity contribution is 0.196. The van der Waals surface area contributed by atoms with Crippen LogP contribution in [-0.2, 0) is 0 Å². The molecule has 3 N–H and O–H groups in total. The molecule has 5 nitrogen and oxygen atoms in total. The zero-order valence-corrected chi connectivity index (χ0v) is 12.5. The molecule has 0 aromatic heterocycles. The Morgan fingerprint density at radius 3 is 3.05 bits per heavy atom. The molecule has 1 aliphatic rings. The number of anilines is 1. The fourth-order valence-electron chi connectivity index (χ4n) is 2.80. The van der Waals surface area contributed by atoms with Gasteiger partial charge in [0.15, 0.2) is 0 Å². The second kappa shape index (κ2) is 7.43. The SMILES string of the molecule is CC(O)c1cccc(NC(=O)N2CCCC2CCCO)c1. The van der Waals surface area contributed by atoms with Gasteiger partial charge in [0, 0.05) is 24.9 Å². The molecule has 0 spiro atoms. The second-order valence-corrected chi connectivity index (χ2v) is 5.59. The fourth-order valence-corrected chi connectivity index (χ4v) is 2.80. The summed E-state index contributed by atoms with van der Waals surface area (Å²) in [6.07, 6.45) is 3.04. The Kier molecular flexibility index (Phi) is 5.59. The molecule has 0 radical (unpaired) electrons. The van der Waals surface area contributed by atoms with E-state index in [4.69, 9.17) is 5.11 Å². The van der Waals surface area contributed by atoms with Gasteiger partial charge < -0.3 is 20.4 Å². The Balaban J connectivity index is 1.98. The van der Waals surface area contributed by atoms with E-state index in [9.17, 15) is 9.90 Å². The van der Waals surface area contributed by atoms with Crippen LogP contribution >= 0.6 is 0 Å². The first kappa shape index (κ1) is 15.8. The number of aliphatic hydroxyl groups excluding tert-OH is 2. The van der Waals surface area contributed by atoms with Crippen molar-refractivity contribution in [1.29, 1.82) is 0 Å². The number of hydrogen-bond acceptors (Lipinski definition) is 3. The predicted molar refractivity (Wildman–Crippen MR) is 82.1 cm³/mol. The van der Waals surface area contributed by atoms with Crippen LogP contribution in [0.2, 0.25) is 0 Å². The number of aliphatic hydroxyl groups is 2. The van der Waals surface area contributed by atoms with Crippen LogP contribution in [0.3, 0.4) is 0 Å². The highest BCUT2D eigenvalue weighted by molar-refractivity contribution is 5.89. The van der Waals surface area contributed by atoms with E-state index in [1.807, 2.05) is 23.1 Å². The Hall–Kier alpha value is -1.59. The van der Waals surface area contributed by atoms with Crippen LogP contribution in [0.5, 0.6) is 0 Å². The van der Waals surface area contributed by atoms with Crippen LogP contribution < -0.4 is 5.32 Å². The predicted octanol–water partition coefficient (Wildman–Crippen LogP) is 2.51. The van der Waals surface area contributed by atoms with Crippen molar-refractivity contribution in [3.63, 3.8) is 0 Å². The minimum absolute atomic E-state index is 0.0989. The van der Waals surface area contributed by atoms with Crippen LogP contribution in [-0.4, -0.2) is 40.3 Å². The first-order chi connectivity index (χ1) is 10.1. The molecular formula is C16H24N2O3. The van der Waals surface area contributed by atoms with Gasteiger partial charge in [-0.1, -0.05) is 12.1 Å². The molecule has 1 aliphatic heterocycles. The highest BCUT2D eigenvalue weighted by atomic mass is 16.3. The second-order valence-electron chi connectivity index (χ2n) is 5.59. The fraction of sp³-hybridized carbons (Fsp3) is 0.562. The van der Waals surface area contributed by atoms with Crippen molar-refractivity contribution in [3.05, 3.63) is 29.8 Å². The van der Waals surface area contributed by atoms with E-state index in [0.717, 1.165) is 37.8 Å². The van der Waals surface area contributed by atoms with Crippen molar-refractivity contribution < 1.29 is 15.0 Å². The van der Waals surface area contributed by atoms with Crippen molar-refractivity contribution in [1.82, 2.24) is 4.90 Å². The maximum absolute atomic E-state index is 12.4. The summed E-state index contributed by atoms with van der Waals surface area (Å²) in [5, 5.41) is 21.4. The van der Waals surface area contributed by atoms with Crippen LogP contribution in [0, 0.1) is 0 Å². The molecule has 1 aromatic rings. The maximum atomic E-state index is 12.4. The Morgan fingerprint density at radius 2 is 2.33 bits per heavy atom. The number of nitrogens with zero attached hydrogens (tertiary/aromatic N) is 1. The molecule has 5 heteroatoms. The highest BCUT2D eigenvalue weighted by Crippen LogP contribution is 2.23. The first-order valence-corrected chi connectivity index (χ1v) is 7.58. The minimum atomic E-state index is -0.550. The number of carbonyl (C=O) groups is 1. The third kappa shape index (κ3) is 4.19. The average molecular weight is 292 g/mol. The number of hydrogen-bond donors (Lipinski definition) is 3. The summed E-state index contributed by atoms with van der Waals surface area (Å²) >= 11 is 0. The highest BCUT2D eigenvalue weighted by Gasteiger charge is 2.28. The Morgan fingerprint density at radius 1 is 1.52 bits per heavy atom. The van der Waals surface area contributed by atoms with Gasteiger partial charge in [-0.2, -0.15) is 0 Å². The normalized spacial score (nSPS) is 19.6. The van der Waals surface area contributed by atoms with E-state index in [1.165, 1.54) is 0 Å². The lowest BCUT2D eigenvalue weighted by atomic mass is 10.1. The van der Waals surface area contributed by atoms with Crippen LogP contribution in [0.15, 0.2) is 24.3 Å². The Bertz CT molecular complexity index is 476. The third-order valence-corrected chi connectivity index (χ3v) is 3.95. The molecule has 116 valence electrons. The number of urea groups is 1. The van der Waals surface area contributed by atoms with Gasteiger partial charge in [-0.15, -0.1) is 0 Å². The summed E-state index contributed by atoms with van der Waals surface area (Å²) in [5.74, 6) is 0. The number of amides is 2. The molecular weight excluding hydrogens is 268 g/mol. The molecule has 2 amide bonds. The van der Waals surface area contributed by atoms with Gasteiger partial charge in [-0.3, -0.25) is 0 Å². The number of likely N-dealkylation sites (tertiary alicyclic amines) is 1. The number of nitrogens with one attached hydrogen (secondary N) is 1. The van der Waals surface area contributed by atoms with Crippen molar-refractivity contribution >= 4 is 11.7 Å². The molecule has 2 unspecified atom stereocenters. The van der Waals surface area contributed by atoms with Crippen LogP contribution in [0.4, 0.5) is 10.5 Å². The summed E-state index contributed by atoms with van der Waals surface area (Å²) in [5.41, 5.74) is 1.48. The van der Waals surface area contributed by atoms with Gasteiger partial charge in [0.05, 0.1) is 6.10 Å². The van der Waals surface area contributed by atoms with Crippen molar-refractivity contribution in [2.45, 2.75) is 44.8 Å². The topological polar surface area (TPSA) is 72.8 Å². The summed E-state index contributed by atoms with van der Waals surface area (Å²) in [6, 6.07) is 7.39. The smallest absolute Gasteiger partial charge is 0.322 e. The monoisotopic (exact) mass is 292 g/mol. The van der Waals surface area contributed by atoms with E-state index in [2.05, 4.69) is 5.32 Å². The average Bonchev–Trinajstić information content (AvgIpc) is 2.93. The molecule has 1 heterocycles. The number of benzene rings is 1. The molecule has 2 atom stereocenters. The van der Waals surface area contributed by atoms with E-state index in [1.54, 1.807) is 13.0 Å². The molecule has 1 aromatic carbocycles. The molecule has 0 bridgehead atoms. The standard InChI is InChI=1S/C16H24N2O3/c1-12(20)13-5-2-6-14(11-13)17-16(21)18-9-3-7-15(18)8-4-10-19/h2,5-6,11-12,15,19-20H,3-4,7-10H2,1H3,(H,17,21). The molecule has 1 saturated heterocycles. The number of carbonyl (C=O) groups excluding carboxylic acids is 1. The zero-order valence-electron chi connectivity index (χ0n) is 12.5.